The second-order valence-electron chi connectivity index (χ2n) is 4.48. The van der Waals surface area contributed by atoms with E-state index in [0.717, 1.165) is 18.9 Å². The van der Waals surface area contributed by atoms with Crippen LogP contribution in [0.3, 0.4) is 0 Å². The number of aromatic nitrogens is 1. The number of rotatable bonds is 1. The van der Waals surface area contributed by atoms with Crippen molar-refractivity contribution >= 4 is 16.6 Å². The molecule has 0 spiro atoms. The number of hydrogen-bond acceptors (Lipinski definition) is 3. The number of benzene rings is 1. The van der Waals surface area contributed by atoms with E-state index in [1.54, 1.807) is 0 Å². The average Bonchev–Trinajstić information content (AvgIpc) is 2.67. The molecule has 1 N–H and O–H groups in total. The van der Waals surface area contributed by atoms with Gasteiger partial charge in [0.1, 0.15) is 0 Å². The van der Waals surface area contributed by atoms with Crippen LogP contribution in [0.1, 0.15) is 19.3 Å². The summed E-state index contributed by atoms with van der Waals surface area (Å²) >= 11 is 0. The maximum Gasteiger partial charge on any atom is 0.150 e. The van der Waals surface area contributed by atoms with E-state index < -0.39 is 0 Å². The van der Waals surface area contributed by atoms with Crippen molar-refractivity contribution in [1.82, 2.24) is 10.4 Å². The molecular weight excluding hydrogens is 210 g/mol. The van der Waals surface area contributed by atoms with Crippen LogP contribution in [-0.4, -0.2) is 18.1 Å². The number of hydrogen-bond donors (Lipinski definition) is 1. The lowest BCUT2D eigenvalue weighted by molar-refractivity contribution is 0.655. The smallest absolute Gasteiger partial charge is 0.150 e. The molecule has 0 aliphatic carbocycles. The SMILES string of the molecule is c1ccc2c(N3CCCCCN3)nccc2c1. The van der Waals surface area contributed by atoms with Crippen LogP contribution in [0.4, 0.5) is 5.82 Å². The predicted octanol–water partition coefficient (Wildman–Crippen LogP) is 2.73. The minimum atomic E-state index is 1.04. The molecule has 0 radical (unpaired) electrons. The van der Waals surface area contributed by atoms with Crippen LogP contribution in [0, 0.1) is 0 Å². The fourth-order valence-electron chi connectivity index (χ4n) is 2.36. The lowest BCUT2D eigenvalue weighted by Gasteiger charge is -2.23. The van der Waals surface area contributed by atoms with Crippen LogP contribution in [-0.2, 0) is 0 Å². The molecule has 0 unspecified atom stereocenters. The van der Waals surface area contributed by atoms with Crippen LogP contribution >= 0.6 is 0 Å². The van der Waals surface area contributed by atoms with E-state index in [1.165, 1.54) is 30.0 Å². The Hall–Kier alpha value is -1.61. The fraction of sp³-hybridized carbons (Fsp3) is 0.357. The first kappa shape index (κ1) is 10.5. The Labute approximate surface area is 101 Å². The predicted molar refractivity (Wildman–Crippen MR) is 70.9 cm³/mol. The Morgan fingerprint density at radius 3 is 3.00 bits per heavy atom. The van der Waals surface area contributed by atoms with Crippen molar-refractivity contribution in [2.45, 2.75) is 19.3 Å². The molecule has 88 valence electrons. The summed E-state index contributed by atoms with van der Waals surface area (Å²) in [4.78, 5) is 4.54. The van der Waals surface area contributed by atoms with Gasteiger partial charge in [0.2, 0.25) is 0 Å². The zero-order chi connectivity index (χ0) is 11.5. The molecule has 1 aliphatic heterocycles. The van der Waals surface area contributed by atoms with Crippen molar-refractivity contribution in [3.63, 3.8) is 0 Å². The van der Waals surface area contributed by atoms with Crippen molar-refractivity contribution in [3.8, 4) is 0 Å². The van der Waals surface area contributed by atoms with E-state index in [-0.39, 0.29) is 0 Å². The molecule has 2 aromatic rings. The van der Waals surface area contributed by atoms with E-state index in [4.69, 9.17) is 0 Å². The molecule has 0 amide bonds. The Balaban J connectivity index is 2.03. The van der Waals surface area contributed by atoms with Crippen LogP contribution in [0.15, 0.2) is 36.5 Å². The molecule has 1 fully saturated rings. The molecule has 1 saturated heterocycles. The molecule has 1 aromatic carbocycles. The van der Waals surface area contributed by atoms with E-state index in [1.807, 2.05) is 6.20 Å². The largest absolute Gasteiger partial charge is 0.292 e. The minimum Gasteiger partial charge on any atom is -0.292 e. The summed E-state index contributed by atoms with van der Waals surface area (Å²) in [7, 11) is 0. The third-order valence-corrected chi connectivity index (χ3v) is 3.27. The highest BCUT2D eigenvalue weighted by Crippen LogP contribution is 2.23. The zero-order valence-corrected chi connectivity index (χ0v) is 9.89. The standard InChI is InChI=1S/C14H17N3/c1-4-9-16-17(11-5-1)14-13-7-3-2-6-12(13)8-10-15-14/h2-3,6-8,10,16H,1,4-5,9,11H2. The highest BCUT2D eigenvalue weighted by molar-refractivity contribution is 5.91. The fourth-order valence-corrected chi connectivity index (χ4v) is 2.36. The number of fused-ring (bicyclic) bond motifs is 1. The molecule has 2 heterocycles. The molecule has 1 aliphatic rings. The van der Waals surface area contributed by atoms with Gasteiger partial charge in [0.05, 0.1) is 0 Å². The van der Waals surface area contributed by atoms with Crippen molar-refractivity contribution in [3.05, 3.63) is 36.5 Å². The van der Waals surface area contributed by atoms with Gasteiger partial charge in [-0.05, 0) is 24.3 Å². The summed E-state index contributed by atoms with van der Waals surface area (Å²) in [5.74, 6) is 1.06. The van der Waals surface area contributed by atoms with Crippen LogP contribution in [0.5, 0.6) is 0 Å². The number of nitrogens with zero attached hydrogens (tertiary/aromatic N) is 2. The second kappa shape index (κ2) is 4.72. The zero-order valence-electron chi connectivity index (χ0n) is 9.89. The van der Waals surface area contributed by atoms with Gasteiger partial charge < -0.3 is 0 Å². The molecule has 17 heavy (non-hydrogen) atoms. The van der Waals surface area contributed by atoms with Crippen molar-refractivity contribution in [2.75, 3.05) is 18.1 Å². The Bertz CT molecular complexity index is 496. The first-order valence-corrected chi connectivity index (χ1v) is 6.30. The summed E-state index contributed by atoms with van der Waals surface area (Å²) in [6, 6.07) is 10.5. The Kier molecular flexibility index (Phi) is 2.92. The Morgan fingerprint density at radius 1 is 1.06 bits per heavy atom. The number of pyridine rings is 1. The lowest BCUT2D eigenvalue weighted by Crippen LogP contribution is -2.38. The quantitative estimate of drug-likeness (QED) is 0.812. The van der Waals surface area contributed by atoms with Crippen LogP contribution < -0.4 is 10.4 Å². The van der Waals surface area contributed by atoms with Gasteiger partial charge in [-0.2, -0.15) is 0 Å². The molecule has 3 nitrogen and oxygen atoms in total. The summed E-state index contributed by atoms with van der Waals surface area (Å²) in [5, 5.41) is 4.68. The van der Waals surface area contributed by atoms with Crippen molar-refractivity contribution < 1.29 is 0 Å². The molecule has 1 aromatic heterocycles. The summed E-state index contributed by atoms with van der Waals surface area (Å²) < 4.78 is 0. The molecule has 3 heteroatoms. The van der Waals surface area contributed by atoms with E-state index in [0.29, 0.717) is 0 Å². The van der Waals surface area contributed by atoms with Gasteiger partial charge >= 0.3 is 0 Å². The highest BCUT2D eigenvalue weighted by atomic mass is 15.5. The van der Waals surface area contributed by atoms with Crippen molar-refractivity contribution in [2.24, 2.45) is 0 Å². The summed E-state index contributed by atoms with van der Waals surface area (Å²) in [6.45, 7) is 2.09. The van der Waals surface area contributed by atoms with Gasteiger partial charge in [-0.15, -0.1) is 0 Å². The van der Waals surface area contributed by atoms with E-state index in [9.17, 15) is 0 Å². The maximum absolute atomic E-state index is 4.54. The van der Waals surface area contributed by atoms with E-state index >= 15 is 0 Å². The average molecular weight is 227 g/mol. The van der Waals surface area contributed by atoms with Gasteiger partial charge in [-0.1, -0.05) is 30.7 Å². The second-order valence-corrected chi connectivity index (χ2v) is 4.48. The van der Waals surface area contributed by atoms with Crippen molar-refractivity contribution in [1.29, 1.82) is 0 Å². The number of anilines is 1. The maximum atomic E-state index is 4.54. The van der Waals surface area contributed by atoms with Gasteiger partial charge in [0.15, 0.2) is 5.82 Å². The number of hydrazine groups is 1. The van der Waals surface area contributed by atoms with Gasteiger partial charge in [0.25, 0.3) is 0 Å². The first-order valence-electron chi connectivity index (χ1n) is 6.30. The van der Waals surface area contributed by atoms with E-state index in [2.05, 4.69) is 45.8 Å². The molecule has 0 bridgehead atoms. The normalized spacial score (nSPS) is 17.1. The van der Waals surface area contributed by atoms with Gasteiger partial charge in [-0.25, -0.2) is 10.4 Å². The monoisotopic (exact) mass is 227 g/mol. The highest BCUT2D eigenvalue weighted by Gasteiger charge is 2.12. The molecule has 0 saturated carbocycles. The number of nitrogens with one attached hydrogen (secondary N) is 1. The minimum absolute atomic E-state index is 1.04. The first-order chi connectivity index (χ1) is 8.45. The molecular formula is C14H17N3. The Morgan fingerprint density at radius 2 is 2.00 bits per heavy atom. The van der Waals surface area contributed by atoms with Gasteiger partial charge in [-0.3, -0.25) is 5.01 Å². The van der Waals surface area contributed by atoms with Crippen LogP contribution in [0.2, 0.25) is 0 Å². The third kappa shape index (κ3) is 2.11. The topological polar surface area (TPSA) is 28.2 Å². The molecule has 3 rings (SSSR count). The van der Waals surface area contributed by atoms with Crippen LogP contribution in [0.25, 0.3) is 10.8 Å². The summed E-state index contributed by atoms with van der Waals surface area (Å²) in [5.41, 5.74) is 3.46. The van der Waals surface area contributed by atoms with Gasteiger partial charge in [0, 0.05) is 24.7 Å². The third-order valence-electron chi connectivity index (χ3n) is 3.27. The summed E-state index contributed by atoms with van der Waals surface area (Å²) in [6.07, 6.45) is 5.68. The molecule has 0 atom stereocenters. The lowest BCUT2D eigenvalue weighted by atomic mass is 10.1.